The molecule has 6 nitrogen and oxygen atoms in total. The summed E-state index contributed by atoms with van der Waals surface area (Å²) in [6.45, 7) is 3.17. The van der Waals surface area contributed by atoms with E-state index in [1.54, 1.807) is 0 Å². The fraction of sp³-hybridized carbons (Fsp3) is 0. The minimum atomic E-state index is -0.777. The Bertz CT molecular complexity index is 427. The fourth-order valence-electron chi connectivity index (χ4n) is 0.871. The molecular formula is C9H7NO5. The number of phenolic OH excluding ortho intramolecular Hbond substituents is 1. The zero-order valence-corrected chi connectivity index (χ0v) is 7.54. The van der Waals surface area contributed by atoms with Gasteiger partial charge in [-0.15, -0.1) is 0 Å². The summed E-state index contributed by atoms with van der Waals surface area (Å²) in [5, 5.41) is 19.5. The van der Waals surface area contributed by atoms with Gasteiger partial charge in [-0.3, -0.25) is 10.1 Å². The number of carbonyl (C=O) groups is 1. The Kier molecular flexibility index (Phi) is 3.02. The third-order valence-corrected chi connectivity index (χ3v) is 1.53. The van der Waals surface area contributed by atoms with E-state index in [-0.39, 0.29) is 5.75 Å². The highest BCUT2D eigenvalue weighted by atomic mass is 16.6. The van der Waals surface area contributed by atoms with E-state index in [0.29, 0.717) is 0 Å². The first-order valence-corrected chi connectivity index (χ1v) is 3.86. The molecule has 0 amide bonds. The number of phenols is 1. The molecule has 0 aliphatic rings. The Morgan fingerprint density at radius 3 is 2.80 bits per heavy atom. The van der Waals surface area contributed by atoms with E-state index in [2.05, 4.69) is 11.3 Å². The SMILES string of the molecule is C=CC(=O)Oc1ccc(O)c([N+](=O)[O-])c1. The number of aromatic hydroxyl groups is 1. The van der Waals surface area contributed by atoms with Gasteiger partial charge in [0, 0.05) is 6.08 Å². The molecule has 0 aliphatic carbocycles. The number of nitrogens with zero attached hydrogens (tertiary/aromatic N) is 1. The van der Waals surface area contributed by atoms with Crippen molar-refractivity contribution in [1.82, 2.24) is 0 Å². The zero-order chi connectivity index (χ0) is 11.4. The summed E-state index contributed by atoms with van der Waals surface area (Å²) in [5.74, 6) is -1.24. The molecule has 1 aromatic rings. The third-order valence-electron chi connectivity index (χ3n) is 1.53. The lowest BCUT2D eigenvalue weighted by atomic mass is 10.3. The van der Waals surface area contributed by atoms with Gasteiger partial charge in [0.15, 0.2) is 5.75 Å². The maximum absolute atomic E-state index is 10.8. The van der Waals surface area contributed by atoms with Gasteiger partial charge < -0.3 is 9.84 Å². The van der Waals surface area contributed by atoms with Crippen LogP contribution in [0.3, 0.4) is 0 Å². The number of carbonyl (C=O) groups excluding carboxylic acids is 1. The van der Waals surface area contributed by atoms with Crippen LogP contribution in [0.5, 0.6) is 11.5 Å². The van der Waals surface area contributed by atoms with Crippen molar-refractivity contribution in [3.63, 3.8) is 0 Å². The van der Waals surface area contributed by atoms with Crippen LogP contribution in [0.1, 0.15) is 0 Å². The second kappa shape index (κ2) is 4.23. The van der Waals surface area contributed by atoms with Crippen LogP contribution in [-0.2, 0) is 4.79 Å². The second-order valence-corrected chi connectivity index (χ2v) is 2.53. The summed E-state index contributed by atoms with van der Waals surface area (Å²) in [4.78, 5) is 20.4. The topological polar surface area (TPSA) is 89.7 Å². The first-order valence-electron chi connectivity index (χ1n) is 3.86. The molecule has 78 valence electrons. The number of nitro benzene ring substituents is 1. The number of hydrogen-bond acceptors (Lipinski definition) is 5. The molecule has 0 unspecified atom stereocenters. The van der Waals surface area contributed by atoms with Gasteiger partial charge in [-0.25, -0.2) is 4.79 Å². The van der Waals surface area contributed by atoms with Crippen molar-refractivity contribution in [2.45, 2.75) is 0 Å². The van der Waals surface area contributed by atoms with E-state index in [9.17, 15) is 14.9 Å². The lowest BCUT2D eigenvalue weighted by Gasteiger charge is -2.01. The second-order valence-electron chi connectivity index (χ2n) is 2.53. The van der Waals surface area contributed by atoms with Crippen molar-refractivity contribution in [3.8, 4) is 11.5 Å². The Labute approximate surface area is 84.6 Å². The van der Waals surface area contributed by atoms with Crippen LogP contribution in [0.25, 0.3) is 0 Å². The monoisotopic (exact) mass is 209 g/mol. The Hall–Kier alpha value is -2.37. The van der Waals surface area contributed by atoms with Crippen molar-refractivity contribution in [2.75, 3.05) is 0 Å². The van der Waals surface area contributed by atoms with E-state index in [4.69, 9.17) is 5.11 Å². The first-order chi connectivity index (χ1) is 7.04. The smallest absolute Gasteiger partial charge is 0.335 e. The minimum Gasteiger partial charge on any atom is -0.502 e. The van der Waals surface area contributed by atoms with Crippen molar-refractivity contribution >= 4 is 11.7 Å². The lowest BCUT2D eigenvalue weighted by Crippen LogP contribution is -2.03. The number of nitro groups is 1. The standard InChI is InChI=1S/C9H7NO5/c1-2-9(12)15-6-3-4-8(11)7(5-6)10(13)14/h2-5,11H,1H2. The molecule has 1 aromatic carbocycles. The highest BCUT2D eigenvalue weighted by molar-refractivity contribution is 5.83. The predicted molar refractivity (Wildman–Crippen MR) is 50.6 cm³/mol. The molecule has 0 aromatic heterocycles. The van der Waals surface area contributed by atoms with E-state index in [1.807, 2.05) is 0 Å². The quantitative estimate of drug-likeness (QED) is 0.267. The maximum atomic E-state index is 10.8. The number of rotatable bonds is 3. The molecule has 0 aliphatic heterocycles. The summed E-state index contributed by atoms with van der Waals surface area (Å²) < 4.78 is 4.64. The fourth-order valence-corrected chi connectivity index (χ4v) is 0.871. The van der Waals surface area contributed by atoms with Gasteiger partial charge in [0.25, 0.3) is 0 Å². The molecule has 1 rings (SSSR count). The molecular weight excluding hydrogens is 202 g/mol. The molecule has 0 saturated carbocycles. The normalized spacial score (nSPS) is 9.33. The molecule has 15 heavy (non-hydrogen) atoms. The Balaban J connectivity index is 3.02. The Morgan fingerprint density at radius 2 is 2.27 bits per heavy atom. The summed E-state index contributed by atoms with van der Waals surface area (Å²) in [5.41, 5.74) is -0.524. The zero-order valence-electron chi connectivity index (χ0n) is 7.54. The van der Waals surface area contributed by atoms with Gasteiger partial charge in [-0.2, -0.15) is 0 Å². The van der Waals surface area contributed by atoms with Gasteiger partial charge in [-0.05, 0) is 12.1 Å². The van der Waals surface area contributed by atoms with Crippen LogP contribution >= 0.6 is 0 Å². The van der Waals surface area contributed by atoms with Crippen molar-refractivity contribution in [3.05, 3.63) is 41.0 Å². The summed E-state index contributed by atoms with van der Waals surface area (Å²) in [7, 11) is 0. The van der Waals surface area contributed by atoms with Gasteiger partial charge >= 0.3 is 11.7 Å². The molecule has 0 spiro atoms. The Morgan fingerprint density at radius 1 is 1.60 bits per heavy atom. The molecule has 0 radical (unpaired) electrons. The molecule has 0 atom stereocenters. The van der Waals surface area contributed by atoms with Gasteiger partial charge in [0.1, 0.15) is 5.75 Å². The van der Waals surface area contributed by atoms with Crippen LogP contribution in [-0.4, -0.2) is 16.0 Å². The van der Waals surface area contributed by atoms with E-state index < -0.39 is 22.3 Å². The number of esters is 1. The minimum absolute atomic E-state index is 0.0237. The molecule has 6 heteroatoms. The van der Waals surface area contributed by atoms with Crippen LogP contribution in [0.4, 0.5) is 5.69 Å². The van der Waals surface area contributed by atoms with Gasteiger partial charge in [-0.1, -0.05) is 6.58 Å². The number of ether oxygens (including phenoxy) is 1. The van der Waals surface area contributed by atoms with Crippen molar-refractivity contribution in [2.24, 2.45) is 0 Å². The van der Waals surface area contributed by atoms with E-state index in [0.717, 1.165) is 18.2 Å². The first kappa shape index (κ1) is 10.7. The third kappa shape index (κ3) is 2.53. The average molecular weight is 209 g/mol. The van der Waals surface area contributed by atoms with E-state index in [1.165, 1.54) is 6.07 Å². The highest BCUT2D eigenvalue weighted by Gasteiger charge is 2.14. The van der Waals surface area contributed by atoms with Crippen molar-refractivity contribution in [1.29, 1.82) is 0 Å². The largest absolute Gasteiger partial charge is 0.502 e. The molecule has 0 fully saturated rings. The highest BCUT2D eigenvalue weighted by Crippen LogP contribution is 2.29. The average Bonchev–Trinajstić information content (AvgIpc) is 2.20. The maximum Gasteiger partial charge on any atom is 0.335 e. The lowest BCUT2D eigenvalue weighted by molar-refractivity contribution is -0.385. The number of hydrogen-bond donors (Lipinski definition) is 1. The summed E-state index contributed by atoms with van der Waals surface area (Å²) in [6.07, 6.45) is 0.929. The molecule has 0 saturated heterocycles. The summed E-state index contributed by atoms with van der Waals surface area (Å²) in [6, 6.07) is 3.27. The molecule has 0 bridgehead atoms. The number of benzene rings is 1. The summed E-state index contributed by atoms with van der Waals surface area (Å²) >= 11 is 0. The van der Waals surface area contributed by atoms with Gasteiger partial charge in [0.2, 0.25) is 0 Å². The van der Waals surface area contributed by atoms with Gasteiger partial charge in [0.05, 0.1) is 11.0 Å². The van der Waals surface area contributed by atoms with Crippen LogP contribution < -0.4 is 4.74 Å². The molecule has 0 heterocycles. The van der Waals surface area contributed by atoms with Crippen LogP contribution in [0, 0.1) is 10.1 Å². The predicted octanol–water partition coefficient (Wildman–Crippen LogP) is 1.39. The van der Waals surface area contributed by atoms with Crippen molar-refractivity contribution < 1.29 is 19.6 Å². The van der Waals surface area contributed by atoms with E-state index >= 15 is 0 Å². The van der Waals surface area contributed by atoms with Crippen LogP contribution in [0.15, 0.2) is 30.9 Å². The van der Waals surface area contributed by atoms with Crippen LogP contribution in [0.2, 0.25) is 0 Å². The molecule has 1 N–H and O–H groups in total.